The molecule has 1 unspecified atom stereocenters. The lowest BCUT2D eigenvalue weighted by Crippen LogP contribution is -2.47. The first-order valence-corrected chi connectivity index (χ1v) is 3.98. The smallest absolute Gasteiger partial charge is 0.158 e. The van der Waals surface area contributed by atoms with E-state index in [0.29, 0.717) is 0 Å². The molecule has 1 heterocycles. The van der Waals surface area contributed by atoms with Crippen LogP contribution in [0.2, 0.25) is 0 Å². The molecule has 13 heavy (non-hydrogen) atoms. The fraction of sp³-hybridized carbons (Fsp3) is 1.00. The quantitative estimate of drug-likeness (QED) is 0.378. The summed E-state index contributed by atoms with van der Waals surface area (Å²) in [5.74, 6) is 0. The van der Waals surface area contributed by atoms with Gasteiger partial charge in [0.1, 0.15) is 12.4 Å². The Kier molecular flexibility index (Phi) is 3.60. The normalized spacial score (nSPS) is 39.7. The van der Waals surface area contributed by atoms with Crippen LogP contribution in [0.25, 0.3) is 0 Å². The number of aliphatic hydroxyl groups excluding tert-OH is 4. The summed E-state index contributed by atoms with van der Waals surface area (Å²) in [6.07, 6.45) is -2.04. The zero-order valence-electron chi connectivity index (χ0n) is 7.09. The second kappa shape index (κ2) is 4.32. The minimum absolute atomic E-state index is 0.0371. The Balaban J connectivity index is 2.57. The Morgan fingerprint density at radius 3 is 2.46 bits per heavy atom. The van der Waals surface area contributed by atoms with Crippen molar-refractivity contribution >= 4 is 0 Å². The molecule has 0 aromatic heterocycles. The summed E-state index contributed by atoms with van der Waals surface area (Å²) in [5.41, 5.74) is -1.30. The molecule has 0 aliphatic carbocycles. The minimum Gasteiger partial charge on any atom is -0.393 e. The average molecular weight is 194 g/mol. The summed E-state index contributed by atoms with van der Waals surface area (Å²) in [7, 11) is 0. The molecule has 1 aliphatic rings. The molecule has 6 nitrogen and oxygen atoms in total. The van der Waals surface area contributed by atoms with Gasteiger partial charge >= 0.3 is 0 Å². The Morgan fingerprint density at radius 2 is 2.08 bits per heavy atom. The molecule has 3 atom stereocenters. The molecule has 0 radical (unpaired) electrons. The van der Waals surface area contributed by atoms with Crippen molar-refractivity contribution in [3.05, 3.63) is 0 Å². The monoisotopic (exact) mass is 194 g/mol. The summed E-state index contributed by atoms with van der Waals surface area (Å²) in [4.78, 5) is 0. The molecule has 1 aliphatic heterocycles. The molecular weight excluding hydrogens is 180 g/mol. The zero-order chi connectivity index (χ0) is 9.90. The van der Waals surface area contributed by atoms with E-state index < -0.39 is 31.4 Å². The Bertz CT molecular complexity index is 163. The third-order valence-corrected chi connectivity index (χ3v) is 2.11. The molecule has 0 spiro atoms. The van der Waals surface area contributed by atoms with E-state index in [0.717, 1.165) is 0 Å². The van der Waals surface area contributed by atoms with Crippen LogP contribution in [-0.4, -0.2) is 58.4 Å². The van der Waals surface area contributed by atoms with E-state index in [9.17, 15) is 5.11 Å². The van der Waals surface area contributed by atoms with Gasteiger partial charge in [0.2, 0.25) is 0 Å². The maximum Gasteiger partial charge on any atom is 0.158 e. The van der Waals surface area contributed by atoms with Gasteiger partial charge in [0.05, 0.1) is 19.3 Å². The number of hydrogen-bond acceptors (Lipinski definition) is 6. The van der Waals surface area contributed by atoms with Crippen molar-refractivity contribution in [2.45, 2.75) is 24.4 Å². The van der Waals surface area contributed by atoms with Gasteiger partial charge in [0.25, 0.3) is 0 Å². The molecule has 0 aromatic carbocycles. The zero-order valence-corrected chi connectivity index (χ0v) is 7.09. The lowest BCUT2D eigenvalue weighted by molar-refractivity contribution is -0.198. The van der Waals surface area contributed by atoms with E-state index in [1.807, 2.05) is 0 Å². The molecule has 0 saturated carbocycles. The van der Waals surface area contributed by atoms with Crippen LogP contribution in [0.1, 0.15) is 6.42 Å². The molecule has 78 valence electrons. The standard InChI is InChI=1S/C7H14O6/c8-2-7(3-12-4-9)5(10)1-6(11)13-7/h5-6,8-11H,1-4H2/t5?,6-,7+/m1/s1. The van der Waals surface area contributed by atoms with Crippen LogP contribution in [-0.2, 0) is 9.47 Å². The van der Waals surface area contributed by atoms with Gasteiger partial charge in [-0.1, -0.05) is 0 Å². The van der Waals surface area contributed by atoms with Crippen molar-refractivity contribution in [2.24, 2.45) is 0 Å². The van der Waals surface area contributed by atoms with E-state index in [1.165, 1.54) is 0 Å². The van der Waals surface area contributed by atoms with Gasteiger partial charge in [0.15, 0.2) is 6.29 Å². The van der Waals surface area contributed by atoms with Crippen LogP contribution < -0.4 is 0 Å². The molecule has 4 N–H and O–H groups in total. The van der Waals surface area contributed by atoms with E-state index >= 15 is 0 Å². The summed E-state index contributed by atoms with van der Waals surface area (Å²) in [6.45, 7) is -1.14. The van der Waals surface area contributed by atoms with E-state index in [4.69, 9.17) is 20.1 Å². The van der Waals surface area contributed by atoms with Crippen molar-refractivity contribution < 1.29 is 29.9 Å². The first kappa shape index (κ1) is 10.8. The molecule has 0 bridgehead atoms. The van der Waals surface area contributed by atoms with Crippen molar-refractivity contribution in [1.29, 1.82) is 0 Å². The molecular formula is C7H14O6. The summed E-state index contributed by atoms with van der Waals surface area (Å²) < 4.78 is 9.56. The number of rotatable bonds is 4. The van der Waals surface area contributed by atoms with Crippen molar-refractivity contribution in [3.8, 4) is 0 Å². The van der Waals surface area contributed by atoms with Crippen molar-refractivity contribution in [3.63, 3.8) is 0 Å². The van der Waals surface area contributed by atoms with Crippen LogP contribution in [0, 0.1) is 0 Å². The number of ether oxygens (including phenoxy) is 2. The minimum atomic E-state index is -1.30. The van der Waals surface area contributed by atoms with Gasteiger partial charge in [-0.05, 0) is 0 Å². The van der Waals surface area contributed by atoms with Gasteiger partial charge < -0.3 is 29.9 Å². The molecule has 1 fully saturated rings. The van der Waals surface area contributed by atoms with Gasteiger partial charge in [-0.25, -0.2) is 0 Å². The molecule has 6 heteroatoms. The predicted molar refractivity (Wildman–Crippen MR) is 40.6 cm³/mol. The van der Waals surface area contributed by atoms with Crippen LogP contribution in [0.5, 0.6) is 0 Å². The van der Waals surface area contributed by atoms with Crippen LogP contribution in [0.3, 0.4) is 0 Å². The molecule has 0 amide bonds. The second-order valence-electron chi connectivity index (χ2n) is 3.02. The Labute approximate surface area is 75.3 Å². The highest BCUT2D eigenvalue weighted by molar-refractivity contribution is 4.93. The van der Waals surface area contributed by atoms with Gasteiger partial charge in [-0.3, -0.25) is 0 Å². The van der Waals surface area contributed by atoms with Crippen LogP contribution in [0.15, 0.2) is 0 Å². The third kappa shape index (κ3) is 2.16. The highest BCUT2D eigenvalue weighted by atomic mass is 16.7. The first-order valence-electron chi connectivity index (χ1n) is 3.98. The predicted octanol–water partition coefficient (Wildman–Crippen LogP) is -2.22. The van der Waals surface area contributed by atoms with Gasteiger partial charge in [-0.2, -0.15) is 0 Å². The average Bonchev–Trinajstić information content (AvgIpc) is 2.38. The fourth-order valence-electron chi connectivity index (χ4n) is 1.34. The fourth-order valence-corrected chi connectivity index (χ4v) is 1.34. The number of hydrogen-bond donors (Lipinski definition) is 4. The summed E-state index contributed by atoms with van der Waals surface area (Å²) in [6, 6.07) is 0. The number of aliphatic hydroxyl groups is 4. The first-order chi connectivity index (χ1) is 6.14. The van der Waals surface area contributed by atoms with E-state index in [-0.39, 0.29) is 13.0 Å². The third-order valence-electron chi connectivity index (χ3n) is 2.11. The van der Waals surface area contributed by atoms with Crippen molar-refractivity contribution in [2.75, 3.05) is 20.0 Å². The highest BCUT2D eigenvalue weighted by Gasteiger charge is 2.47. The highest BCUT2D eigenvalue weighted by Crippen LogP contribution is 2.29. The van der Waals surface area contributed by atoms with Gasteiger partial charge in [0, 0.05) is 6.42 Å². The molecule has 1 saturated heterocycles. The maximum atomic E-state index is 9.43. The van der Waals surface area contributed by atoms with E-state index in [2.05, 4.69) is 4.74 Å². The lowest BCUT2D eigenvalue weighted by Gasteiger charge is -2.28. The molecule has 0 aromatic rings. The Hall–Kier alpha value is -0.240. The Morgan fingerprint density at radius 1 is 1.38 bits per heavy atom. The van der Waals surface area contributed by atoms with Crippen LogP contribution in [0.4, 0.5) is 0 Å². The summed E-state index contributed by atoms with van der Waals surface area (Å²) >= 11 is 0. The van der Waals surface area contributed by atoms with Gasteiger partial charge in [-0.15, -0.1) is 0 Å². The largest absolute Gasteiger partial charge is 0.393 e. The second-order valence-corrected chi connectivity index (χ2v) is 3.02. The maximum absolute atomic E-state index is 9.43. The lowest BCUT2D eigenvalue weighted by atomic mass is 9.99. The molecule has 1 rings (SSSR count). The van der Waals surface area contributed by atoms with E-state index in [1.54, 1.807) is 0 Å². The topological polar surface area (TPSA) is 99.4 Å². The van der Waals surface area contributed by atoms with Crippen molar-refractivity contribution in [1.82, 2.24) is 0 Å². The summed E-state index contributed by atoms with van der Waals surface area (Å²) in [5, 5.41) is 35.8. The SMILES string of the molecule is OCOC[C@]1(CO)O[C@@H](O)CC1O. The van der Waals surface area contributed by atoms with Crippen LogP contribution >= 0.6 is 0 Å².